The van der Waals surface area contributed by atoms with Crippen molar-refractivity contribution in [3.05, 3.63) is 129 Å². The van der Waals surface area contributed by atoms with Crippen LogP contribution < -0.4 is 11.2 Å². The van der Waals surface area contributed by atoms with E-state index in [9.17, 15) is 22.8 Å². The Hall–Kier alpha value is -3.87. The van der Waals surface area contributed by atoms with E-state index in [2.05, 4.69) is 0 Å². The molecule has 3 aromatic carbocycles. The zero-order chi connectivity index (χ0) is 22.7. The summed E-state index contributed by atoms with van der Waals surface area (Å²) in [5.74, 6) is 0. The molecule has 0 aliphatic rings. The first-order valence-corrected chi connectivity index (χ1v) is 9.93. The quantitative estimate of drug-likeness (QED) is 0.452. The Bertz CT molecular complexity index is 1340. The summed E-state index contributed by atoms with van der Waals surface area (Å²) in [6.07, 6.45) is -3.20. The molecule has 0 unspecified atom stereocenters. The maximum absolute atomic E-state index is 13.2. The number of alkyl halides is 3. The minimum absolute atomic E-state index is 0.0140. The van der Waals surface area contributed by atoms with E-state index in [1.807, 2.05) is 36.4 Å². The van der Waals surface area contributed by atoms with Gasteiger partial charge in [0.15, 0.2) is 0 Å². The third-order valence-electron chi connectivity index (χ3n) is 5.12. The van der Waals surface area contributed by atoms with Gasteiger partial charge in [-0.2, -0.15) is 13.2 Å². The number of halogens is 3. The van der Waals surface area contributed by atoms with Gasteiger partial charge in [0, 0.05) is 6.20 Å². The predicted octanol–water partition coefficient (Wildman–Crippen LogP) is 4.79. The molecular formula is C25H19F3N2O2. The van der Waals surface area contributed by atoms with Crippen LogP contribution in [0.4, 0.5) is 13.2 Å². The van der Waals surface area contributed by atoms with Gasteiger partial charge in [0.2, 0.25) is 0 Å². The third kappa shape index (κ3) is 4.56. The maximum atomic E-state index is 13.2. The Morgan fingerprint density at radius 1 is 0.719 bits per heavy atom. The van der Waals surface area contributed by atoms with Gasteiger partial charge in [-0.25, -0.2) is 4.79 Å². The highest BCUT2D eigenvalue weighted by atomic mass is 19.4. The van der Waals surface area contributed by atoms with E-state index in [1.54, 1.807) is 24.3 Å². The average molecular weight is 436 g/mol. The molecule has 0 aliphatic carbocycles. The lowest BCUT2D eigenvalue weighted by molar-refractivity contribution is -0.137. The summed E-state index contributed by atoms with van der Waals surface area (Å²) < 4.78 is 42.1. The fraction of sp³-hybridized carbons (Fsp3) is 0.120. The van der Waals surface area contributed by atoms with Gasteiger partial charge in [0.1, 0.15) is 0 Å². The molecule has 32 heavy (non-hydrogen) atoms. The van der Waals surface area contributed by atoms with Crippen LogP contribution in [0.1, 0.15) is 16.7 Å². The van der Waals surface area contributed by atoms with Crippen LogP contribution >= 0.6 is 0 Å². The second-order valence-corrected chi connectivity index (χ2v) is 7.39. The third-order valence-corrected chi connectivity index (χ3v) is 5.12. The van der Waals surface area contributed by atoms with E-state index < -0.39 is 23.0 Å². The predicted molar refractivity (Wildman–Crippen MR) is 116 cm³/mol. The van der Waals surface area contributed by atoms with Gasteiger partial charge in [-0.3, -0.25) is 13.9 Å². The first-order valence-electron chi connectivity index (χ1n) is 9.93. The smallest absolute Gasteiger partial charge is 0.295 e. The highest BCUT2D eigenvalue weighted by Crippen LogP contribution is 2.31. The van der Waals surface area contributed by atoms with Crippen LogP contribution in [0.5, 0.6) is 0 Å². The molecule has 1 heterocycles. The van der Waals surface area contributed by atoms with E-state index in [-0.39, 0.29) is 24.2 Å². The first kappa shape index (κ1) is 21.4. The molecule has 0 aliphatic heterocycles. The first-order chi connectivity index (χ1) is 15.3. The Morgan fingerprint density at radius 2 is 1.31 bits per heavy atom. The lowest BCUT2D eigenvalue weighted by atomic mass is 10.0. The van der Waals surface area contributed by atoms with Gasteiger partial charge in [0.25, 0.3) is 5.56 Å². The number of hydrogen-bond acceptors (Lipinski definition) is 2. The number of aromatic nitrogens is 2. The molecule has 0 fully saturated rings. The van der Waals surface area contributed by atoms with Gasteiger partial charge in [0.05, 0.1) is 24.2 Å². The van der Waals surface area contributed by atoms with Crippen molar-refractivity contribution in [3.63, 3.8) is 0 Å². The van der Waals surface area contributed by atoms with Crippen LogP contribution in [0.15, 0.2) is 101 Å². The second kappa shape index (κ2) is 8.70. The molecule has 0 saturated carbocycles. The molecule has 0 radical (unpaired) electrons. The molecule has 4 aromatic rings. The van der Waals surface area contributed by atoms with Crippen molar-refractivity contribution in [2.24, 2.45) is 0 Å². The van der Waals surface area contributed by atoms with Crippen LogP contribution in [-0.2, 0) is 19.3 Å². The van der Waals surface area contributed by atoms with E-state index in [1.165, 1.54) is 22.9 Å². The van der Waals surface area contributed by atoms with E-state index in [4.69, 9.17) is 0 Å². The normalized spacial score (nSPS) is 11.5. The molecule has 1 aromatic heterocycles. The molecule has 0 saturated heterocycles. The largest absolute Gasteiger partial charge is 0.416 e. The number of rotatable bonds is 5. The van der Waals surface area contributed by atoms with Crippen molar-refractivity contribution in [1.29, 1.82) is 0 Å². The van der Waals surface area contributed by atoms with Gasteiger partial charge in [-0.1, -0.05) is 72.8 Å². The molecule has 7 heteroatoms. The van der Waals surface area contributed by atoms with Crippen LogP contribution in [-0.4, -0.2) is 9.13 Å². The monoisotopic (exact) mass is 436 g/mol. The van der Waals surface area contributed by atoms with E-state index in [0.29, 0.717) is 0 Å². The molecular weight excluding hydrogens is 417 g/mol. The minimum Gasteiger partial charge on any atom is -0.295 e. The number of benzene rings is 3. The summed E-state index contributed by atoms with van der Waals surface area (Å²) in [6.45, 7) is 0.195. The molecule has 0 amide bonds. The Balaban J connectivity index is 1.89. The second-order valence-electron chi connectivity index (χ2n) is 7.39. The molecule has 4 nitrogen and oxygen atoms in total. The maximum Gasteiger partial charge on any atom is 0.416 e. The summed E-state index contributed by atoms with van der Waals surface area (Å²) >= 11 is 0. The van der Waals surface area contributed by atoms with Crippen molar-refractivity contribution < 1.29 is 13.2 Å². The van der Waals surface area contributed by atoms with Crippen LogP contribution in [0.25, 0.3) is 11.1 Å². The summed E-state index contributed by atoms with van der Waals surface area (Å²) in [5, 5.41) is 0. The van der Waals surface area contributed by atoms with Gasteiger partial charge in [-0.15, -0.1) is 0 Å². The molecule has 4 rings (SSSR count). The number of nitrogens with zero attached hydrogens (tertiary/aromatic N) is 2. The Morgan fingerprint density at radius 3 is 1.91 bits per heavy atom. The standard InChI is InChI=1S/C25H19F3N2O2/c26-25(27,28)21-13-7-12-20(14-21)22-17-29(15-18-8-3-1-4-9-18)24(32)30(23(22)31)16-19-10-5-2-6-11-19/h1-14,17H,15-16H2. The molecule has 0 spiro atoms. The fourth-order valence-electron chi connectivity index (χ4n) is 3.51. The molecule has 0 bridgehead atoms. The zero-order valence-electron chi connectivity index (χ0n) is 16.9. The van der Waals surface area contributed by atoms with E-state index in [0.717, 1.165) is 27.8 Å². The zero-order valence-corrected chi connectivity index (χ0v) is 16.9. The lowest BCUT2D eigenvalue weighted by Crippen LogP contribution is -2.40. The fourth-order valence-corrected chi connectivity index (χ4v) is 3.51. The minimum atomic E-state index is -4.54. The van der Waals surface area contributed by atoms with Crippen LogP contribution in [0.3, 0.4) is 0 Å². The van der Waals surface area contributed by atoms with Crippen LogP contribution in [0.2, 0.25) is 0 Å². The molecule has 162 valence electrons. The topological polar surface area (TPSA) is 44.0 Å². The van der Waals surface area contributed by atoms with Gasteiger partial charge in [-0.05, 0) is 28.8 Å². The Labute approximate surface area is 181 Å². The van der Waals surface area contributed by atoms with Gasteiger partial charge >= 0.3 is 11.9 Å². The highest BCUT2D eigenvalue weighted by Gasteiger charge is 2.30. The highest BCUT2D eigenvalue weighted by molar-refractivity contribution is 5.62. The summed E-state index contributed by atoms with van der Waals surface area (Å²) in [7, 11) is 0. The summed E-state index contributed by atoms with van der Waals surface area (Å²) in [5.41, 5.74) is -0.324. The van der Waals surface area contributed by atoms with Crippen LogP contribution in [0, 0.1) is 0 Å². The van der Waals surface area contributed by atoms with Gasteiger partial charge < -0.3 is 0 Å². The summed E-state index contributed by atoms with van der Waals surface area (Å²) in [6, 6.07) is 22.7. The van der Waals surface area contributed by atoms with Crippen molar-refractivity contribution in [2.45, 2.75) is 19.3 Å². The average Bonchev–Trinajstić information content (AvgIpc) is 2.79. The molecule has 0 atom stereocenters. The van der Waals surface area contributed by atoms with Crippen molar-refractivity contribution in [2.75, 3.05) is 0 Å². The van der Waals surface area contributed by atoms with E-state index >= 15 is 0 Å². The number of hydrogen-bond donors (Lipinski definition) is 0. The summed E-state index contributed by atoms with van der Waals surface area (Å²) in [4.78, 5) is 26.4. The van der Waals surface area contributed by atoms with Crippen molar-refractivity contribution in [1.82, 2.24) is 9.13 Å². The molecule has 0 N–H and O–H groups in total. The van der Waals surface area contributed by atoms with Crippen molar-refractivity contribution >= 4 is 0 Å². The lowest BCUT2D eigenvalue weighted by Gasteiger charge is -2.15. The Kier molecular flexibility index (Phi) is 5.81. The SMILES string of the molecule is O=c1c(-c2cccc(C(F)(F)F)c2)cn(Cc2ccccc2)c(=O)n1Cc1ccccc1. The van der Waals surface area contributed by atoms with Crippen molar-refractivity contribution in [3.8, 4) is 11.1 Å².